The molecule has 0 aromatic heterocycles. The van der Waals surface area contributed by atoms with E-state index >= 15 is 0 Å². The molecule has 2 amide bonds. The second-order valence-corrected chi connectivity index (χ2v) is 4.44. The van der Waals surface area contributed by atoms with Crippen molar-refractivity contribution in [3.8, 4) is 17.2 Å². The fraction of sp³-hybridized carbons (Fsp3) is 0.125. The van der Waals surface area contributed by atoms with E-state index < -0.39 is 6.03 Å². The maximum Gasteiger partial charge on any atom is 0.359 e. The number of phenols is 1. The van der Waals surface area contributed by atoms with E-state index in [9.17, 15) is 9.90 Å². The number of amides is 2. The van der Waals surface area contributed by atoms with Crippen molar-refractivity contribution in [2.75, 3.05) is 19.6 Å². The molecule has 0 aliphatic heterocycles. The fourth-order valence-electron chi connectivity index (χ4n) is 1.85. The molecule has 0 saturated heterocycles. The number of para-hydroxylation sites is 1. The summed E-state index contributed by atoms with van der Waals surface area (Å²) in [6.07, 6.45) is 1.30. The van der Waals surface area contributed by atoms with E-state index in [-0.39, 0.29) is 5.75 Å². The summed E-state index contributed by atoms with van der Waals surface area (Å²) in [6.45, 7) is 0. The number of carbonyl (C=O) groups excluding carboxylic acids is 1. The third kappa shape index (κ3) is 4.37. The molecule has 2 aromatic carbocycles. The zero-order chi connectivity index (χ0) is 16.7. The molecule has 0 unspecified atom stereocenters. The SMILES string of the molecule is COc1cc(O)cc(OC)c1/C=N/C(=O)NNc1ccccc1. The lowest BCUT2D eigenvalue weighted by molar-refractivity contribution is 0.251. The van der Waals surface area contributed by atoms with Crippen LogP contribution in [0, 0.1) is 0 Å². The molecule has 0 fully saturated rings. The van der Waals surface area contributed by atoms with Crippen molar-refractivity contribution in [2.24, 2.45) is 4.99 Å². The zero-order valence-electron chi connectivity index (χ0n) is 12.7. The van der Waals surface area contributed by atoms with Crippen LogP contribution in [-0.2, 0) is 0 Å². The number of aliphatic imine (C=N–C) groups is 1. The van der Waals surface area contributed by atoms with E-state index in [2.05, 4.69) is 15.8 Å². The van der Waals surface area contributed by atoms with E-state index in [0.717, 1.165) is 5.69 Å². The average Bonchev–Trinajstić information content (AvgIpc) is 2.58. The number of ether oxygens (including phenoxy) is 2. The molecular formula is C16H17N3O4. The van der Waals surface area contributed by atoms with Gasteiger partial charge in [-0.05, 0) is 12.1 Å². The highest BCUT2D eigenvalue weighted by molar-refractivity contribution is 5.95. The number of anilines is 1. The minimum atomic E-state index is -0.592. The Hall–Kier alpha value is -3.22. The van der Waals surface area contributed by atoms with Crippen LogP contribution in [0.15, 0.2) is 47.5 Å². The Morgan fingerprint density at radius 1 is 1.13 bits per heavy atom. The lowest BCUT2D eigenvalue weighted by Crippen LogP contribution is -2.26. The van der Waals surface area contributed by atoms with Crippen molar-refractivity contribution in [3.05, 3.63) is 48.0 Å². The maximum atomic E-state index is 11.8. The molecule has 23 heavy (non-hydrogen) atoms. The first kappa shape index (κ1) is 16.2. The molecule has 0 heterocycles. The summed E-state index contributed by atoms with van der Waals surface area (Å²) >= 11 is 0. The number of urea groups is 1. The zero-order valence-corrected chi connectivity index (χ0v) is 12.7. The molecule has 7 nitrogen and oxygen atoms in total. The number of methoxy groups -OCH3 is 2. The Morgan fingerprint density at radius 3 is 2.30 bits per heavy atom. The van der Waals surface area contributed by atoms with Crippen LogP contribution in [0.3, 0.4) is 0 Å². The molecule has 7 heteroatoms. The third-order valence-corrected chi connectivity index (χ3v) is 2.93. The number of benzene rings is 2. The van der Waals surface area contributed by atoms with Crippen molar-refractivity contribution >= 4 is 17.9 Å². The summed E-state index contributed by atoms with van der Waals surface area (Å²) in [5, 5.41) is 9.57. The summed E-state index contributed by atoms with van der Waals surface area (Å²) in [6, 6.07) is 11.4. The van der Waals surface area contributed by atoms with Crippen LogP contribution in [-0.4, -0.2) is 31.6 Å². The highest BCUT2D eigenvalue weighted by atomic mass is 16.5. The van der Waals surface area contributed by atoms with Crippen molar-refractivity contribution in [2.45, 2.75) is 0 Å². The summed E-state index contributed by atoms with van der Waals surface area (Å²) in [7, 11) is 2.89. The lowest BCUT2D eigenvalue weighted by atomic mass is 10.2. The Labute approximate surface area is 133 Å². The van der Waals surface area contributed by atoms with Crippen LogP contribution in [0.5, 0.6) is 17.2 Å². The molecule has 0 atom stereocenters. The van der Waals surface area contributed by atoms with Gasteiger partial charge in [0.1, 0.15) is 17.2 Å². The monoisotopic (exact) mass is 315 g/mol. The highest BCUT2D eigenvalue weighted by Gasteiger charge is 2.11. The highest BCUT2D eigenvalue weighted by Crippen LogP contribution is 2.31. The molecule has 0 aliphatic carbocycles. The predicted octanol–water partition coefficient (Wildman–Crippen LogP) is 2.57. The van der Waals surface area contributed by atoms with Gasteiger partial charge >= 0.3 is 6.03 Å². The molecule has 2 rings (SSSR count). The fourth-order valence-corrected chi connectivity index (χ4v) is 1.85. The molecule has 0 radical (unpaired) electrons. The summed E-state index contributed by atoms with van der Waals surface area (Å²) in [4.78, 5) is 15.5. The number of carbonyl (C=O) groups is 1. The van der Waals surface area contributed by atoms with Gasteiger partial charge in [-0.3, -0.25) is 5.43 Å². The number of nitrogens with zero attached hydrogens (tertiary/aromatic N) is 1. The van der Waals surface area contributed by atoms with E-state index in [0.29, 0.717) is 17.1 Å². The van der Waals surface area contributed by atoms with Crippen molar-refractivity contribution in [1.29, 1.82) is 0 Å². The van der Waals surface area contributed by atoms with Crippen LogP contribution in [0.2, 0.25) is 0 Å². The van der Waals surface area contributed by atoms with Gasteiger partial charge in [-0.25, -0.2) is 10.2 Å². The Morgan fingerprint density at radius 2 is 1.74 bits per heavy atom. The molecule has 3 N–H and O–H groups in total. The minimum Gasteiger partial charge on any atom is -0.508 e. The first-order valence-corrected chi connectivity index (χ1v) is 6.74. The predicted molar refractivity (Wildman–Crippen MR) is 87.4 cm³/mol. The number of rotatable bonds is 5. The van der Waals surface area contributed by atoms with Crippen LogP contribution in [0.1, 0.15) is 5.56 Å². The smallest absolute Gasteiger partial charge is 0.359 e. The van der Waals surface area contributed by atoms with Gasteiger partial charge in [-0.15, -0.1) is 0 Å². The Balaban J connectivity index is 2.08. The van der Waals surface area contributed by atoms with Gasteiger partial charge in [-0.1, -0.05) is 18.2 Å². The number of hydrogen-bond acceptors (Lipinski definition) is 5. The Kier molecular flexibility index (Phi) is 5.40. The summed E-state index contributed by atoms with van der Waals surface area (Å²) in [5.41, 5.74) is 6.35. The molecular weight excluding hydrogens is 298 g/mol. The first-order valence-electron chi connectivity index (χ1n) is 6.74. The van der Waals surface area contributed by atoms with Crippen LogP contribution in [0.25, 0.3) is 0 Å². The lowest BCUT2D eigenvalue weighted by Gasteiger charge is -2.10. The van der Waals surface area contributed by atoms with Gasteiger partial charge < -0.3 is 14.6 Å². The second kappa shape index (κ2) is 7.69. The van der Waals surface area contributed by atoms with Gasteiger partial charge in [0.15, 0.2) is 0 Å². The number of hydrazine groups is 1. The van der Waals surface area contributed by atoms with E-state index in [1.54, 1.807) is 12.1 Å². The summed E-state index contributed by atoms with van der Waals surface area (Å²) in [5.74, 6) is 0.676. The molecule has 0 aliphatic rings. The van der Waals surface area contributed by atoms with Crippen LogP contribution < -0.4 is 20.3 Å². The second-order valence-electron chi connectivity index (χ2n) is 4.44. The van der Waals surface area contributed by atoms with Crippen molar-refractivity contribution in [3.63, 3.8) is 0 Å². The molecule has 0 saturated carbocycles. The molecule has 0 bridgehead atoms. The Bertz CT molecular complexity index is 677. The average molecular weight is 315 g/mol. The van der Waals surface area contributed by atoms with Gasteiger partial charge in [0.05, 0.1) is 25.5 Å². The van der Waals surface area contributed by atoms with Crippen molar-refractivity contribution in [1.82, 2.24) is 5.43 Å². The third-order valence-electron chi connectivity index (χ3n) is 2.93. The molecule has 2 aromatic rings. The molecule has 0 spiro atoms. The standard InChI is InChI=1S/C16H17N3O4/c1-22-14-8-12(20)9-15(23-2)13(14)10-17-16(21)19-18-11-6-4-3-5-7-11/h3-10,18,20H,1-2H3,(H,19,21)/b17-10+. The van der Waals surface area contributed by atoms with Crippen molar-refractivity contribution < 1.29 is 19.4 Å². The minimum absolute atomic E-state index is 0.00829. The largest absolute Gasteiger partial charge is 0.508 e. The normalized spacial score (nSPS) is 10.3. The van der Waals surface area contributed by atoms with Gasteiger partial charge in [0, 0.05) is 18.3 Å². The number of aromatic hydroxyl groups is 1. The van der Waals surface area contributed by atoms with Gasteiger partial charge in [0.25, 0.3) is 0 Å². The van der Waals surface area contributed by atoms with Gasteiger partial charge in [-0.2, -0.15) is 4.99 Å². The maximum absolute atomic E-state index is 11.8. The summed E-state index contributed by atoms with van der Waals surface area (Å²) < 4.78 is 10.3. The van der Waals surface area contributed by atoms with Gasteiger partial charge in [0.2, 0.25) is 0 Å². The number of phenolic OH excluding ortho intramolecular Hbond substituents is 1. The van der Waals surface area contributed by atoms with Crippen LogP contribution in [0.4, 0.5) is 10.5 Å². The first-order chi connectivity index (χ1) is 11.1. The van der Waals surface area contributed by atoms with Crippen LogP contribution >= 0.6 is 0 Å². The molecule has 120 valence electrons. The van der Waals surface area contributed by atoms with E-state index in [1.165, 1.54) is 32.6 Å². The number of hydrogen-bond donors (Lipinski definition) is 3. The van der Waals surface area contributed by atoms with E-state index in [1.807, 2.05) is 18.2 Å². The number of nitrogens with one attached hydrogen (secondary N) is 2. The quantitative estimate of drug-likeness (QED) is 0.582. The topological polar surface area (TPSA) is 92.2 Å². The van der Waals surface area contributed by atoms with E-state index in [4.69, 9.17) is 9.47 Å².